The fraction of sp³-hybridized carbons (Fsp3) is 0.440. The highest BCUT2D eigenvalue weighted by atomic mass is 16.2. The van der Waals surface area contributed by atoms with Gasteiger partial charge in [0.2, 0.25) is 11.8 Å². The summed E-state index contributed by atoms with van der Waals surface area (Å²) in [6, 6.07) is 15.7. The van der Waals surface area contributed by atoms with Crippen LogP contribution in [0.25, 0.3) is 0 Å². The number of rotatable bonds is 10. The summed E-state index contributed by atoms with van der Waals surface area (Å²) < 4.78 is 0. The van der Waals surface area contributed by atoms with E-state index in [-0.39, 0.29) is 11.8 Å². The Balaban J connectivity index is 2.25. The molecule has 1 unspecified atom stereocenters. The number of aryl methyl sites for hydroxylation is 2. The van der Waals surface area contributed by atoms with Crippen molar-refractivity contribution in [3.63, 3.8) is 0 Å². The van der Waals surface area contributed by atoms with Crippen molar-refractivity contribution in [2.45, 2.75) is 66.0 Å². The van der Waals surface area contributed by atoms with Crippen LogP contribution in [-0.2, 0) is 22.6 Å². The first-order chi connectivity index (χ1) is 13.9. The van der Waals surface area contributed by atoms with Crippen LogP contribution in [0.4, 0.5) is 0 Å². The summed E-state index contributed by atoms with van der Waals surface area (Å²) in [5.41, 5.74) is 4.30. The van der Waals surface area contributed by atoms with Crippen LogP contribution in [0.5, 0.6) is 0 Å². The second kappa shape index (κ2) is 11.4. The van der Waals surface area contributed by atoms with Crippen LogP contribution in [-0.4, -0.2) is 29.3 Å². The quantitative estimate of drug-likeness (QED) is 0.600. The Bertz CT molecular complexity index is 816. The van der Waals surface area contributed by atoms with Gasteiger partial charge in [-0.3, -0.25) is 9.59 Å². The Morgan fingerprint density at radius 1 is 0.966 bits per heavy atom. The molecule has 0 saturated heterocycles. The molecule has 4 heteroatoms. The number of amides is 2. The van der Waals surface area contributed by atoms with Crippen LogP contribution in [0.15, 0.2) is 48.5 Å². The third kappa shape index (κ3) is 7.04. The first-order valence-electron chi connectivity index (χ1n) is 10.6. The Hall–Kier alpha value is -2.62. The molecule has 2 aromatic carbocycles. The van der Waals surface area contributed by atoms with Gasteiger partial charge in [0.25, 0.3) is 0 Å². The van der Waals surface area contributed by atoms with E-state index in [1.165, 1.54) is 0 Å². The van der Waals surface area contributed by atoms with E-state index in [1.54, 1.807) is 4.90 Å². The fourth-order valence-electron chi connectivity index (χ4n) is 3.53. The number of benzene rings is 2. The standard InChI is InChI=1S/C25H34N2O2/c1-5-7-14-26-25(29)23(6-2)27(18-22-13-9-11-20(4)16-22)24(28)17-21-12-8-10-19(3)15-21/h8-13,15-16,23H,5-7,14,17-18H2,1-4H3,(H,26,29). The molecule has 156 valence electrons. The third-order valence-corrected chi connectivity index (χ3v) is 5.09. The van der Waals surface area contributed by atoms with E-state index in [9.17, 15) is 9.59 Å². The van der Waals surface area contributed by atoms with E-state index < -0.39 is 6.04 Å². The highest BCUT2D eigenvalue weighted by molar-refractivity contribution is 5.88. The van der Waals surface area contributed by atoms with Crippen LogP contribution in [0.3, 0.4) is 0 Å². The van der Waals surface area contributed by atoms with Crippen molar-refractivity contribution in [1.29, 1.82) is 0 Å². The average molecular weight is 395 g/mol. The zero-order valence-corrected chi connectivity index (χ0v) is 18.2. The maximum absolute atomic E-state index is 13.3. The highest BCUT2D eigenvalue weighted by Gasteiger charge is 2.28. The molecule has 0 saturated carbocycles. The molecule has 0 spiro atoms. The first kappa shape index (κ1) is 22.7. The lowest BCUT2D eigenvalue weighted by atomic mass is 10.0. The summed E-state index contributed by atoms with van der Waals surface area (Å²) in [6.45, 7) is 9.21. The largest absolute Gasteiger partial charge is 0.354 e. The van der Waals surface area contributed by atoms with Crippen molar-refractivity contribution in [3.05, 3.63) is 70.8 Å². The minimum absolute atomic E-state index is 0.0189. The molecule has 0 radical (unpaired) electrons. The van der Waals surface area contributed by atoms with Gasteiger partial charge in [0.05, 0.1) is 6.42 Å². The van der Waals surface area contributed by atoms with Crippen molar-refractivity contribution in [2.24, 2.45) is 0 Å². The lowest BCUT2D eigenvalue weighted by Gasteiger charge is -2.31. The Morgan fingerprint density at radius 3 is 2.17 bits per heavy atom. The van der Waals surface area contributed by atoms with Gasteiger partial charge < -0.3 is 10.2 Å². The maximum Gasteiger partial charge on any atom is 0.242 e. The van der Waals surface area contributed by atoms with Gasteiger partial charge in [-0.1, -0.05) is 79.9 Å². The summed E-state index contributed by atoms with van der Waals surface area (Å²) >= 11 is 0. The number of hydrogen-bond acceptors (Lipinski definition) is 2. The lowest BCUT2D eigenvalue weighted by molar-refractivity contribution is -0.140. The molecule has 0 aliphatic heterocycles. The minimum atomic E-state index is -0.468. The van der Waals surface area contributed by atoms with Crippen LogP contribution in [0.2, 0.25) is 0 Å². The summed E-state index contributed by atoms with van der Waals surface area (Å²) in [7, 11) is 0. The number of nitrogens with zero attached hydrogens (tertiary/aromatic N) is 1. The zero-order valence-electron chi connectivity index (χ0n) is 18.2. The third-order valence-electron chi connectivity index (χ3n) is 5.09. The molecule has 1 N–H and O–H groups in total. The van der Waals surface area contributed by atoms with Gasteiger partial charge in [-0.15, -0.1) is 0 Å². The van der Waals surface area contributed by atoms with Gasteiger partial charge in [-0.05, 0) is 37.8 Å². The molecular formula is C25H34N2O2. The highest BCUT2D eigenvalue weighted by Crippen LogP contribution is 2.16. The SMILES string of the molecule is CCCCNC(=O)C(CC)N(Cc1cccc(C)c1)C(=O)Cc1cccc(C)c1. The number of carbonyl (C=O) groups is 2. The number of carbonyl (C=O) groups excluding carboxylic acids is 2. The fourth-order valence-corrected chi connectivity index (χ4v) is 3.53. The summed E-state index contributed by atoms with van der Waals surface area (Å²) in [6.07, 6.45) is 2.85. The van der Waals surface area contributed by atoms with Crippen LogP contribution in [0, 0.1) is 13.8 Å². The normalized spacial score (nSPS) is 11.7. The molecule has 0 fully saturated rings. The summed E-state index contributed by atoms with van der Waals surface area (Å²) in [5, 5.41) is 3.01. The molecule has 0 heterocycles. The van der Waals surface area contributed by atoms with Crippen molar-refractivity contribution < 1.29 is 9.59 Å². The van der Waals surface area contributed by atoms with E-state index in [4.69, 9.17) is 0 Å². The van der Waals surface area contributed by atoms with Gasteiger partial charge in [-0.2, -0.15) is 0 Å². The average Bonchev–Trinajstić information content (AvgIpc) is 2.68. The molecular weight excluding hydrogens is 360 g/mol. The van der Waals surface area contributed by atoms with Gasteiger partial charge in [0.15, 0.2) is 0 Å². The first-order valence-corrected chi connectivity index (χ1v) is 10.6. The van der Waals surface area contributed by atoms with Crippen LogP contribution in [0.1, 0.15) is 55.4 Å². The maximum atomic E-state index is 13.3. The van der Waals surface area contributed by atoms with Crippen molar-refractivity contribution in [1.82, 2.24) is 10.2 Å². The molecule has 2 amide bonds. The summed E-state index contributed by atoms with van der Waals surface area (Å²) in [4.78, 5) is 27.9. The molecule has 29 heavy (non-hydrogen) atoms. The Morgan fingerprint density at radius 2 is 1.59 bits per heavy atom. The van der Waals surface area contributed by atoms with Gasteiger partial charge in [0.1, 0.15) is 6.04 Å². The topological polar surface area (TPSA) is 49.4 Å². The predicted molar refractivity (Wildman–Crippen MR) is 119 cm³/mol. The van der Waals surface area contributed by atoms with Gasteiger partial charge >= 0.3 is 0 Å². The van der Waals surface area contributed by atoms with E-state index in [0.717, 1.165) is 35.1 Å². The molecule has 0 aliphatic carbocycles. The Labute approximate surface area is 175 Å². The molecule has 4 nitrogen and oxygen atoms in total. The number of hydrogen-bond donors (Lipinski definition) is 1. The van der Waals surface area contributed by atoms with Crippen molar-refractivity contribution >= 4 is 11.8 Å². The molecule has 2 rings (SSSR count). The Kier molecular flexibility index (Phi) is 8.91. The lowest BCUT2D eigenvalue weighted by Crippen LogP contribution is -2.49. The minimum Gasteiger partial charge on any atom is -0.354 e. The number of nitrogens with one attached hydrogen (secondary N) is 1. The van der Waals surface area contributed by atoms with E-state index in [0.29, 0.717) is 25.9 Å². The zero-order chi connectivity index (χ0) is 21.2. The van der Waals surface area contributed by atoms with Crippen molar-refractivity contribution in [3.8, 4) is 0 Å². The smallest absolute Gasteiger partial charge is 0.242 e. The van der Waals surface area contributed by atoms with Gasteiger partial charge in [0, 0.05) is 13.1 Å². The van der Waals surface area contributed by atoms with E-state index >= 15 is 0 Å². The molecule has 0 bridgehead atoms. The summed E-state index contributed by atoms with van der Waals surface area (Å²) in [5.74, 6) is -0.0826. The van der Waals surface area contributed by atoms with E-state index in [1.807, 2.05) is 63.2 Å². The molecule has 0 aromatic heterocycles. The van der Waals surface area contributed by atoms with Gasteiger partial charge in [-0.25, -0.2) is 0 Å². The number of unbranched alkanes of at least 4 members (excludes halogenated alkanes) is 1. The molecule has 0 aliphatic rings. The second-order valence-corrected chi connectivity index (χ2v) is 7.75. The predicted octanol–water partition coefficient (Wildman–Crippen LogP) is 4.57. The monoisotopic (exact) mass is 394 g/mol. The molecule has 2 aromatic rings. The molecule has 1 atom stereocenters. The van der Waals surface area contributed by atoms with Crippen molar-refractivity contribution in [2.75, 3.05) is 6.54 Å². The van der Waals surface area contributed by atoms with E-state index in [2.05, 4.69) is 18.3 Å². The van der Waals surface area contributed by atoms with Crippen LogP contribution >= 0.6 is 0 Å². The second-order valence-electron chi connectivity index (χ2n) is 7.75. The van der Waals surface area contributed by atoms with Crippen LogP contribution < -0.4 is 5.32 Å².